The van der Waals surface area contributed by atoms with E-state index in [1.165, 1.54) is 11.6 Å². The summed E-state index contributed by atoms with van der Waals surface area (Å²) in [5.74, 6) is -0.390. The van der Waals surface area contributed by atoms with Gasteiger partial charge < -0.3 is 5.11 Å². The van der Waals surface area contributed by atoms with Crippen molar-refractivity contribution in [3.63, 3.8) is 0 Å². The number of hydrogen-bond donors (Lipinski definition) is 1. The quantitative estimate of drug-likeness (QED) is 0.937. The number of pyridine rings is 1. The summed E-state index contributed by atoms with van der Waals surface area (Å²) in [6.45, 7) is 2.74. The second kappa shape index (κ2) is 5.94. The molecule has 2 aromatic rings. The van der Waals surface area contributed by atoms with Crippen LogP contribution in [0.3, 0.4) is 0 Å². The fourth-order valence-corrected chi connectivity index (χ4v) is 4.43. The van der Waals surface area contributed by atoms with Gasteiger partial charge in [0.2, 0.25) is 0 Å². The molecule has 0 radical (unpaired) electrons. The average Bonchev–Trinajstić information content (AvgIpc) is 2.82. The standard InChI is InChI=1S/C20H23FN2O/c1-14-7-10-18(21)19(22-14)20(24)11-16-8-9-17(12-20)23(16)13-15-5-3-2-4-6-15/h2-7,10,16-17,24H,8-9,11-13H2,1H3. The van der Waals surface area contributed by atoms with Crippen molar-refractivity contribution in [3.05, 3.63) is 65.2 Å². The fourth-order valence-electron chi connectivity index (χ4n) is 4.43. The molecule has 1 aromatic heterocycles. The molecule has 1 aromatic carbocycles. The van der Waals surface area contributed by atoms with Gasteiger partial charge in [-0.3, -0.25) is 9.88 Å². The van der Waals surface area contributed by atoms with Gasteiger partial charge in [0.15, 0.2) is 0 Å². The van der Waals surface area contributed by atoms with Gasteiger partial charge in [0.1, 0.15) is 17.1 Å². The number of fused-ring (bicyclic) bond motifs is 2. The molecule has 0 aliphatic carbocycles. The van der Waals surface area contributed by atoms with Crippen LogP contribution in [0.5, 0.6) is 0 Å². The zero-order valence-corrected chi connectivity index (χ0v) is 14.0. The number of piperidine rings is 1. The third kappa shape index (κ3) is 2.74. The van der Waals surface area contributed by atoms with Gasteiger partial charge in [-0.1, -0.05) is 30.3 Å². The largest absolute Gasteiger partial charge is 0.383 e. The summed E-state index contributed by atoms with van der Waals surface area (Å²) in [5, 5.41) is 11.2. The van der Waals surface area contributed by atoms with Crippen molar-refractivity contribution >= 4 is 0 Å². The zero-order chi connectivity index (χ0) is 16.7. The third-order valence-corrected chi connectivity index (χ3v) is 5.55. The minimum atomic E-state index is -1.14. The van der Waals surface area contributed by atoms with Gasteiger partial charge in [0, 0.05) is 24.3 Å². The topological polar surface area (TPSA) is 36.4 Å². The highest BCUT2D eigenvalue weighted by Crippen LogP contribution is 2.46. The minimum absolute atomic E-state index is 0.235. The predicted molar refractivity (Wildman–Crippen MR) is 90.9 cm³/mol. The molecule has 0 spiro atoms. The molecule has 2 bridgehead atoms. The Labute approximate surface area is 142 Å². The molecule has 2 saturated heterocycles. The lowest BCUT2D eigenvalue weighted by Crippen LogP contribution is -2.49. The molecule has 1 N–H and O–H groups in total. The van der Waals surface area contributed by atoms with Crippen LogP contribution in [0.1, 0.15) is 42.6 Å². The summed E-state index contributed by atoms with van der Waals surface area (Å²) in [5.41, 5.74) is 1.13. The first-order valence-electron chi connectivity index (χ1n) is 8.71. The second-order valence-electron chi connectivity index (χ2n) is 7.27. The molecular formula is C20H23FN2O. The average molecular weight is 326 g/mol. The van der Waals surface area contributed by atoms with E-state index in [0.29, 0.717) is 12.8 Å². The number of halogens is 1. The Bertz CT molecular complexity index is 720. The molecule has 3 heterocycles. The maximum absolute atomic E-state index is 14.3. The molecule has 2 aliphatic rings. The number of aromatic nitrogens is 1. The molecule has 3 nitrogen and oxygen atoms in total. The van der Waals surface area contributed by atoms with E-state index in [0.717, 1.165) is 25.1 Å². The first kappa shape index (κ1) is 15.7. The number of aryl methyl sites for hydroxylation is 1. The number of benzene rings is 1. The van der Waals surface area contributed by atoms with Crippen LogP contribution in [0, 0.1) is 12.7 Å². The summed E-state index contributed by atoms with van der Waals surface area (Å²) < 4.78 is 14.3. The molecule has 24 heavy (non-hydrogen) atoms. The van der Waals surface area contributed by atoms with Gasteiger partial charge >= 0.3 is 0 Å². The van der Waals surface area contributed by atoms with Crippen molar-refractivity contribution in [1.82, 2.24) is 9.88 Å². The van der Waals surface area contributed by atoms with E-state index in [1.54, 1.807) is 6.07 Å². The first-order chi connectivity index (χ1) is 11.5. The highest BCUT2D eigenvalue weighted by molar-refractivity contribution is 5.23. The van der Waals surface area contributed by atoms with Gasteiger partial charge in [-0.2, -0.15) is 0 Å². The van der Waals surface area contributed by atoms with Crippen molar-refractivity contribution in [2.24, 2.45) is 0 Å². The SMILES string of the molecule is Cc1ccc(F)c(C2(O)CC3CCC(C2)N3Cc2ccccc2)n1. The van der Waals surface area contributed by atoms with Crippen LogP contribution < -0.4 is 0 Å². The van der Waals surface area contributed by atoms with Crippen LogP contribution in [0.25, 0.3) is 0 Å². The van der Waals surface area contributed by atoms with E-state index < -0.39 is 5.60 Å². The minimum Gasteiger partial charge on any atom is -0.383 e. The summed E-state index contributed by atoms with van der Waals surface area (Å²) in [6, 6.07) is 14.1. The van der Waals surface area contributed by atoms with Crippen molar-refractivity contribution in [2.75, 3.05) is 0 Å². The Morgan fingerprint density at radius 2 is 1.79 bits per heavy atom. The first-order valence-corrected chi connectivity index (χ1v) is 8.71. The van der Waals surface area contributed by atoms with Gasteiger partial charge in [-0.05, 0) is 50.3 Å². The van der Waals surface area contributed by atoms with Crippen LogP contribution in [-0.4, -0.2) is 27.1 Å². The second-order valence-corrected chi connectivity index (χ2v) is 7.27. The number of aliphatic hydroxyl groups is 1. The highest BCUT2D eigenvalue weighted by Gasteiger charge is 2.49. The van der Waals surface area contributed by atoms with Crippen molar-refractivity contribution in [2.45, 2.75) is 56.8 Å². The summed E-state index contributed by atoms with van der Waals surface area (Å²) in [6.07, 6.45) is 3.24. The molecule has 126 valence electrons. The molecule has 0 saturated carbocycles. The summed E-state index contributed by atoms with van der Waals surface area (Å²) >= 11 is 0. The van der Waals surface area contributed by atoms with Crippen LogP contribution in [0.4, 0.5) is 4.39 Å². The van der Waals surface area contributed by atoms with E-state index in [9.17, 15) is 9.50 Å². The van der Waals surface area contributed by atoms with Crippen molar-refractivity contribution in [3.8, 4) is 0 Å². The maximum atomic E-state index is 14.3. The maximum Gasteiger partial charge on any atom is 0.147 e. The summed E-state index contributed by atoms with van der Waals surface area (Å²) in [4.78, 5) is 6.81. The highest BCUT2D eigenvalue weighted by atomic mass is 19.1. The van der Waals surface area contributed by atoms with E-state index in [1.807, 2.05) is 13.0 Å². The Morgan fingerprint density at radius 3 is 2.46 bits per heavy atom. The molecule has 2 aliphatic heterocycles. The molecule has 0 amide bonds. The fraction of sp³-hybridized carbons (Fsp3) is 0.450. The normalized spacial score (nSPS) is 29.8. The number of nitrogens with zero attached hydrogens (tertiary/aromatic N) is 2. The van der Waals surface area contributed by atoms with Gasteiger partial charge in [-0.15, -0.1) is 0 Å². The molecule has 4 rings (SSSR count). The lowest BCUT2D eigenvalue weighted by molar-refractivity contribution is -0.0646. The van der Waals surface area contributed by atoms with Crippen LogP contribution in [-0.2, 0) is 12.1 Å². The van der Waals surface area contributed by atoms with E-state index >= 15 is 0 Å². The van der Waals surface area contributed by atoms with Crippen LogP contribution >= 0.6 is 0 Å². The molecule has 2 unspecified atom stereocenters. The van der Waals surface area contributed by atoms with E-state index in [-0.39, 0.29) is 23.6 Å². The van der Waals surface area contributed by atoms with Gasteiger partial charge in [0.05, 0.1) is 0 Å². The number of rotatable bonds is 3. The summed E-state index contributed by atoms with van der Waals surface area (Å²) in [7, 11) is 0. The van der Waals surface area contributed by atoms with Crippen molar-refractivity contribution < 1.29 is 9.50 Å². The lowest BCUT2D eigenvalue weighted by Gasteiger charge is -2.43. The van der Waals surface area contributed by atoms with Crippen LogP contribution in [0.15, 0.2) is 42.5 Å². The smallest absolute Gasteiger partial charge is 0.147 e. The lowest BCUT2D eigenvalue weighted by atomic mass is 9.82. The monoisotopic (exact) mass is 326 g/mol. The molecule has 4 heteroatoms. The van der Waals surface area contributed by atoms with Crippen LogP contribution in [0.2, 0.25) is 0 Å². The Morgan fingerprint density at radius 1 is 1.12 bits per heavy atom. The number of hydrogen-bond acceptors (Lipinski definition) is 3. The molecule has 2 atom stereocenters. The van der Waals surface area contributed by atoms with Gasteiger partial charge in [0.25, 0.3) is 0 Å². The molecule has 2 fully saturated rings. The zero-order valence-electron chi connectivity index (χ0n) is 14.0. The molecular weight excluding hydrogens is 303 g/mol. The third-order valence-electron chi connectivity index (χ3n) is 5.55. The van der Waals surface area contributed by atoms with E-state index in [4.69, 9.17) is 0 Å². The Kier molecular flexibility index (Phi) is 3.89. The van der Waals surface area contributed by atoms with E-state index in [2.05, 4.69) is 34.1 Å². The Balaban J connectivity index is 1.58. The van der Waals surface area contributed by atoms with Gasteiger partial charge in [-0.25, -0.2) is 4.39 Å². The van der Waals surface area contributed by atoms with Crippen molar-refractivity contribution in [1.29, 1.82) is 0 Å². The predicted octanol–water partition coefficient (Wildman–Crippen LogP) is 3.54. The Hall–Kier alpha value is -1.78.